The van der Waals surface area contributed by atoms with E-state index in [0.29, 0.717) is 18.3 Å². The number of hydrogen-bond donors (Lipinski definition) is 1. The Morgan fingerprint density at radius 2 is 2.00 bits per heavy atom. The van der Waals surface area contributed by atoms with Crippen molar-refractivity contribution in [1.82, 2.24) is 15.2 Å². The lowest BCUT2D eigenvalue weighted by atomic mass is 9.78. The summed E-state index contributed by atoms with van der Waals surface area (Å²) < 4.78 is 0. The Balaban J connectivity index is 0.00000121. The summed E-state index contributed by atoms with van der Waals surface area (Å²) in [4.78, 5) is 32.6. The highest BCUT2D eigenvalue weighted by atomic mass is 35.5. The van der Waals surface area contributed by atoms with Crippen molar-refractivity contribution in [2.45, 2.75) is 38.5 Å². The third-order valence-electron chi connectivity index (χ3n) is 5.69. The molecule has 0 bridgehead atoms. The molecular weight excluding hydrogens is 395 g/mol. The van der Waals surface area contributed by atoms with Crippen LogP contribution in [0.4, 0.5) is 5.13 Å². The SMILES string of the molecule is Cl.Cl.O=C(Cc1csc(N2CCCC2=O)n1)N1CCC2(CCNC2)CC1. The van der Waals surface area contributed by atoms with Crippen LogP contribution in [0.3, 0.4) is 0 Å². The number of rotatable bonds is 3. The van der Waals surface area contributed by atoms with Crippen LogP contribution in [0.15, 0.2) is 5.38 Å². The predicted molar refractivity (Wildman–Crippen MR) is 108 cm³/mol. The molecule has 9 heteroatoms. The van der Waals surface area contributed by atoms with Crippen molar-refractivity contribution in [2.24, 2.45) is 5.41 Å². The van der Waals surface area contributed by atoms with Gasteiger partial charge in [-0.3, -0.25) is 14.5 Å². The van der Waals surface area contributed by atoms with Crippen molar-refractivity contribution in [1.29, 1.82) is 0 Å². The maximum absolute atomic E-state index is 12.6. The van der Waals surface area contributed by atoms with Gasteiger partial charge >= 0.3 is 0 Å². The average molecular weight is 421 g/mol. The van der Waals surface area contributed by atoms with E-state index in [1.807, 2.05) is 10.3 Å². The monoisotopic (exact) mass is 420 g/mol. The Labute approximate surface area is 170 Å². The fraction of sp³-hybridized carbons (Fsp3) is 0.706. The van der Waals surface area contributed by atoms with E-state index in [-0.39, 0.29) is 36.6 Å². The molecule has 4 heterocycles. The molecule has 3 saturated heterocycles. The fourth-order valence-electron chi connectivity index (χ4n) is 4.07. The quantitative estimate of drug-likeness (QED) is 0.813. The van der Waals surface area contributed by atoms with Crippen LogP contribution in [-0.2, 0) is 16.0 Å². The second-order valence-electron chi connectivity index (χ2n) is 7.25. The van der Waals surface area contributed by atoms with Crippen LogP contribution < -0.4 is 10.2 Å². The first-order valence-electron chi connectivity index (χ1n) is 8.89. The molecule has 0 aromatic carbocycles. The Hall–Kier alpha value is -0.890. The first kappa shape index (κ1) is 21.4. The summed E-state index contributed by atoms with van der Waals surface area (Å²) >= 11 is 1.47. The van der Waals surface area contributed by atoms with Gasteiger partial charge in [0.1, 0.15) is 0 Å². The molecule has 26 heavy (non-hydrogen) atoms. The first-order chi connectivity index (χ1) is 11.7. The van der Waals surface area contributed by atoms with E-state index in [9.17, 15) is 9.59 Å². The van der Waals surface area contributed by atoms with Crippen LogP contribution in [0.5, 0.6) is 0 Å². The van der Waals surface area contributed by atoms with Crippen LogP contribution in [0, 0.1) is 5.41 Å². The van der Waals surface area contributed by atoms with E-state index in [1.54, 1.807) is 4.90 Å². The van der Waals surface area contributed by atoms with Gasteiger partial charge in [-0.1, -0.05) is 0 Å². The molecule has 0 atom stereocenters. The van der Waals surface area contributed by atoms with E-state index in [2.05, 4.69) is 10.3 Å². The number of carbonyl (C=O) groups is 2. The van der Waals surface area contributed by atoms with Crippen LogP contribution in [-0.4, -0.2) is 54.4 Å². The molecule has 1 aromatic heterocycles. The lowest BCUT2D eigenvalue weighted by molar-refractivity contribution is -0.132. The van der Waals surface area contributed by atoms with E-state index < -0.39 is 0 Å². The van der Waals surface area contributed by atoms with Gasteiger partial charge in [0.2, 0.25) is 11.8 Å². The number of halogens is 2. The summed E-state index contributed by atoms with van der Waals surface area (Å²) in [6.07, 6.45) is 5.32. The van der Waals surface area contributed by atoms with Crippen molar-refractivity contribution in [2.75, 3.05) is 37.6 Å². The molecule has 4 rings (SSSR count). The molecule has 146 valence electrons. The van der Waals surface area contributed by atoms with Crippen molar-refractivity contribution < 1.29 is 9.59 Å². The molecule has 1 spiro atoms. The summed E-state index contributed by atoms with van der Waals surface area (Å²) in [6, 6.07) is 0. The third-order valence-corrected chi connectivity index (χ3v) is 6.60. The zero-order valence-corrected chi connectivity index (χ0v) is 17.2. The molecule has 1 aromatic rings. The van der Waals surface area contributed by atoms with Gasteiger partial charge in [0.15, 0.2) is 5.13 Å². The lowest BCUT2D eigenvalue weighted by Crippen LogP contribution is -2.44. The highest BCUT2D eigenvalue weighted by Gasteiger charge is 2.38. The van der Waals surface area contributed by atoms with E-state index in [0.717, 1.165) is 62.8 Å². The number of thiazole rings is 1. The van der Waals surface area contributed by atoms with Gasteiger partial charge in [-0.25, -0.2) is 4.98 Å². The lowest BCUT2D eigenvalue weighted by Gasteiger charge is -2.38. The normalized spacial score (nSPS) is 21.6. The second kappa shape index (κ2) is 8.87. The smallest absolute Gasteiger partial charge is 0.228 e. The molecular formula is C17H26Cl2N4O2S. The number of nitrogens with zero attached hydrogens (tertiary/aromatic N) is 3. The van der Waals surface area contributed by atoms with E-state index >= 15 is 0 Å². The summed E-state index contributed by atoms with van der Waals surface area (Å²) in [5.41, 5.74) is 1.23. The maximum Gasteiger partial charge on any atom is 0.228 e. The summed E-state index contributed by atoms with van der Waals surface area (Å²) in [5.74, 6) is 0.314. The first-order valence-corrected chi connectivity index (χ1v) is 9.77. The molecule has 3 aliphatic rings. The third kappa shape index (κ3) is 4.32. The molecule has 0 radical (unpaired) electrons. The minimum Gasteiger partial charge on any atom is -0.342 e. The molecule has 3 aliphatic heterocycles. The van der Waals surface area contributed by atoms with Gasteiger partial charge in [0, 0.05) is 38.0 Å². The topological polar surface area (TPSA) is 65.5 Å². The molecule has 6 nitrogen and oxygen atoms in total. The number of anilines is 1. The van der Waals surface area contributed by atoms with Crippen LogP contribution in [0.2, 0.25) is 0 Å². The van der Waals surface area contributed by atoms with Gasteiger partial charge in [0.05, 0.1) is 12.1 Å². The second-order valence-corrected chi connectivity index (χ2v) is 8.09. The van der Waals surface area contributed by atoms with E-state index in [1.165, 1.54) is 17.8 Å². The van der Waals surface area contributed by atoms with Crippen LogP contribution >= 0.6 is 36.2 Å². The number of aromatic nitrogens is 1. The Morgan fingerprint density at radius 3 is 2.62 bits per heavy atom. The van der Waals surface area contributed by atoms with Gasteiger partial charge in [-0.2, -0.15) is 0 Å². The van der Waals surface area contributed by atoms with Crippen molar-refractivity contribution in [3.8, 4) is 0 Å². The van der Waals surface area contributed by atoms with Crippen LogP contribution in [0.1, 0.15) is 37.8 Å². The Bertz CT molecular complexity index is 638. The zero-order chi connectivity index (χ0) is 16.6. The summed E-state index contributed by atoms with van der Waals surface area (Å²) in [7, 11) is 0. The minimum atomic E-state index is 0. The fourth-order valence-corrected chi connectivity index (χ4v) is 4.94. The molecule has 0 saturated carbocycles. The molecule has 2 amide bonds. The van der Waals surface area contributed by atoms with Gasteiger partial charge in [-0.05, 0) is 37.6 Å². The highest BCUT2D eigenvalue weighted by Crippen LogP contribution is 2.37. The Kier molecular flexibility index (Phi) is 7.30. The predicted octanol–water partition coefficient (Wildman–Crippen LogP) is 2.26. The molecule has 0 aliphatic carbocycles. The molecule has 1 N–H and O–H groups in total. The minimum absolute atomic E-state index is 0. The summed E-state index contributed by atoms with van der Waals surface area (Å²) in [5, 5.41) is 6.12. The van der Waals surface area contributed by atoms with Gasteiger partial charge < -0.3 is 10.2 Å². The number of piperidine rings is 1. The number of amides is 2. The summed E-state index contributed by atoms with van der Waals surface area (Å²) in [6.45, 7) is 4.70. The highest BCUT2D eigenvalue weighted by molar-refractivity contribution is 7.14. The molecule has 3 fully saturated rings. The number of carbonyl (C=O) groups excluding carboxylic acids is 2. The number of likely N-dealkylation sites (tertiary alicyclic amines) is 1. The average Bonchev–Trinajstić information content (AvgIpc) is 3.30. The number of nitrogens with one attached hydrogen (secondary N) is 1. The van der Waals surface area contributed by atoms with Gasteiger partial charge in [-0.15, -0.1) is 36.2 Å². The maximum atomic E-state index is 12.6. The van der Waals surface area contributed by atoms with Crippen molar-refractivity contribution in [3.63, 3.8) is 0 Å². The number of hydrogen-bond acceptors (Lipinski definition) is 5. The van der Waals surface area contributed by atoms with Gasteiger partial charge in [0.25, 0.3) is 0 Å². The molecule has 0 unspecified atom stereocenters. The standard InChI is InChI=1S/C17H24N4O2S.2ClH/c22-14-2-1-7-21(14)16-19-13(11-24-16)10-15(23)20-8-4-17(5-9-20)3-6-18-12-17;;/h11,18H,1-10,12H2;2*1H. The zero-order valence-electron chi connectivity index (χ0n) is 14.7. The Morgan fingerprint density at radius 1 is 1.23 bits per heavy atom. The largest absolute Gasteiger partial charge is 0.342 e. The van der Waals surface area contributed by atoms with Crippen LogP contribution in [0.25, 0.3) is 0 Å². The van der Waals surface area contributed by atoms with E-state index in [4.69, 9.17) is 0 Å². The van der Waals surface area contributed by atoms with Crippen molar-refractivity contribution >= 4 is 53.1 Å². The van der Waals surface area contributed by atoms with Crippen molar-refractivity contribution in [3.05, 3.63) is 11.1 Å².